The van der Waals surface area contributed by atoms with Crippen LogP contribution in [0.25, 0.3) is 0 Å². The van der Waals surface area contributed by atoms with E-state index < -0.39 is 0 Å². The van der Waals surface area contributed by atoms with E-state index in [-0.39, 0.29) is 18.0 Å². The molecule has 4 rings (SSSR count). The number of ether oxygens (including phenoxy) is 2. The summed E-state index contributed by atoms with van der Waals surface area (Å²) in [5.74, 6) is 0.998. The topological polar surface area (TPSA) is 64.6 Å². The average Bonchev–Trinajstić information content (AvgIpc) is 2.85. The van der Waals surface area contributed by atoms with Gasteiger partial charge in [-0.2, -0.15) is 0 Å². The van der Waals surface area contributed by atoms with Gasteiger partial charge < -0.3 is 14.4 Å². The highest BCUT2D eigenvalue weighted by Gasteiger charge is 2.27. The molecule has 2 aromatic rings. The molecule has 6 nitrogen and oxygen atoms in total. The number of nitrogens with zero attached hydrogens (tertiary/aromatic N) is 3. The maximum atomic E-state index is 13.3. The van der Waals surface area contributed by atoms with Gasteiger partial charge >= 0.3 is 0 Å². The summed E-state index contributed by atoms with van der Waals surface area (Å²) in [5, 5.41) is 0.885. The lowest BCUT2D eigenvalue weighted by Gasteiger charge is -2.36. The van der Waals surface area contributed by atoms with Gasteiger partial charge in [-0.15, -0.1) is 11.3 Å². The van der Waals surface area contributed by atoms with Crippen molar-refractivity contribution in [2.24, 2.45) is 0 Å². The summed E-state index contributed by atoms with van der Waals surface area (Å²) in [5.41, 5.74) is 3.85. The van der Waals surface area contributed by atoms with Crippen LogP contribution in [0.2, 0.25) is 0 Å². The third-order valence-corrected chi connectivity index (χ3v) is 6.68. The van der Waals surface area contributed by atoms with E-state index in [2.05, 4.69) is 30.7 Å². The van der Waals surface area contributed by atoms with Crippen LogP contribution in [0.5, 0.6) is 0 Å². The van der Waals surface area contributed by atoms with E-state index in [1.54, 1.807) is 11.3 Å². The lowest BCUT2D eigenvalue weighted by Crippen LogP contribution is -2.46. The number of anilines is 1. The molecule has 4 heterocycles. The molecule has 0 saturated carbocycles. The van der Waals surface area contributed by atoms with E-state index in [0.29, 0.717) is 19.6 Å². The highest BCUT2D eigenvalue weighted by Crippen LogP contribution is 2.27. The minimum atomic E-state index is 0.120. The number of ketones is 1. The molecule has 1 fully saturated rings. The highest BCUT2D eigenvalue weighted by atomic mass is 32.1. The van der Waals surface area contributed by atoms with Crippen LogP contribution in [0.3, 0.4) is 0 Å². The summed E-state index contributed by atoms with van der Waals surface area (Å²) >= 11 is 1.61. The second kappa shape index (κ2) is 8.50. The first-order valence-electron chi connectivity index (χ1n) is 10.4. The third kappa shape index (κ3) is 4.52. The lowest BCUT2D eigenvalue weighted by molar-refractivity contribution is -0.00547. The van der Waals surface area contributed by atoms with Crippen molar-refractivity contribution < 1.29 is 14.3 Å². The van der Waals surface area contributed by atoms with Gasteiger partial charge in [-0.25, -0.2) is 9.97 Å². The maximum absolute atomic E-state index is 13.3. The SMILES string of the molecule is Cc1nc(CC(=O)c2cc(N3C[C@@H](C)O[C@@H](C)C3)nc3c2CCOCC3)sc1C. The van der Waals surface area contributed by atoms with Crippen molar-refractivity contribution >= 4 is 22.9 Å². The summed E-state index contributed by atoms with van der Waals surface area (Å²) in [7, 11) is 0. The Labute approximate surface area is 176 Å². The van der Waals surface area contributed by atoms with Crippen molar-refractivity contribution in [2.75, 3.05) is 31.2 Å². The second-order valence-electron chi connectivity index (χ2n) is 8.08. The Morgan fingerprint density at radius 2 is 1.90 bits per heavy atom. The molecule has 0 radical (unpaired) electrons. The fourth-order valence-corrected chi connectivity index (χ4v) is 5.10. The minimum absolute atomic E-state index is 0.120. The van der Waals surface area contributed by atoms with Gasteiger partial charge in [-0.1, -0.05) is 0 Å². The van der Waals surface area contributed by atoms with E-state index in [9.17, 15) is 4.79 Å². The number of carbonyl (C=O) groups is 1. The van der Waals surface area contributed by atoms with Crippen molar-refractivity contribution in [2.45, 2.75) is 59.2 Å². The molecule has 0 aromatic carbocycles. The number of rotatable bonds is 4. The smallest absolute Gasteiger partial charge is 0.170 e. The van der Waals surface area contributed by atoms with E-state index in [1.807, 2.05) is 13.0 Å². The number of carbonyl (C=O) groups excluding carboxylic acids is 1. The molecule has 7 heteroatoms. The number of aromatic nitrogens is 2. The van der Waals surface area contributed by atoms with Crippen molar-refractivity contribution in [3.05, 3.63) is 38.5 Å². The van der Waals surface area contributed by atoms with Crippen LogP contribution < -0.4 is 4.90 Å². The largest absolute Gasteiger partial charge is 0.381 e. The minimum Gasteiger partial charge on any atom is -0.381 e. The third-order valence-electron chi connectivity index (χ3n) is 5.60. The molecule has 1 saturated heterocycles. The molecule has 0 aliphatic carbocycles. The predicted molar refractivity (Wildman–Crippen MR) is 114 cm³/mol. The van der Waals surface area contributed by atoms with E-state index in [0.717, 1.165) is 59.3 Å². The Kier molecular flexibility index (Phi) is 5.99. The van der Waals surface area contributed by atoms with Gasteiger partial charge in [0.2, 0.25) is 0 Å². The summed E-state index contributed by atoms with van der Waals surface area (Å²) in [6, 6.07) is 1.99. The number of Topliss-reactive ketones (excluding diaryl/α,β-unsaturated/α-hetero) is 1. The number of morpholine rings is 1. The summed E-state index contributed by atoms with van der Waals surface area (Å²) in [6.45, 7) is 11.1. The van der Waals surface area contributed by atoms with Crippen molar-refractivity contribution in [3.8, 4) is 0 Å². The van der Waals surface area contributed by atoms with Crippen LogP contribution in [-0.2, 0) is 28.7 Å². The Bertz CT molecular complexity index is 881. The van der Waals surface area contributed by atoms with Crippen LogP contribution in [0, 0.1) is 13.8 Å². The van der Waals surface area contributed by atoms with Crippen molar-refractivity contribution in [3.63, 3.8) is 0 Å². The van der Waals surface area contributed by atoms with Gasteiger partial charge in [0, 0.05) is 35.6 Å². The molecule has 2 atom stereocenters. The van der Waals surface area contributed by atoms with Crippen molar-refractivity contribution in [1.29, 1.82) is 0 Å². The van der Waals surface area contributed by atoms with E-state index >= 15 is 0 Å². The predicted octanol–water partition coefficient (Wildman–Crippen LogP) is 3.31. The number of pyridine rings is 1. The fraction of sp³-hybridized carbons (Fsp3) is 0.591. The molecule has 0 spiro atoms. The van der Waals surface area contributed by atoms with Gasteiger partial charge in [-0.05, 0) is 45.7 Å². The second-order valence-corrected chi connectivity index (χ2v) is 9.36. The highest BCUT2D eigenvalue weighted by molar-refractivity contribution is 7.11. The van der Waals surface area contributed by atoms with Crippen LogP contribution >= 0.6 is 11.3 Å². The van der Waals surface area contributed by atoms with Gasteiger partial charge in [-0.3, -0.25) is 4.79 Å². The summed E-state index contributed by atoms with van der Waals surface area (Å²) < 4.78 is 11.6. The van der Waals surface area contributed by atoms with Gasteiger partial charge in [0.15, 0.2) is 5.78 Å². The molecule has 0 unspecified atom stereocenters. The average molecular weight is 416 g/mol. The zero-order valence-electron chi connectivity index (χ0n) is 17.7. The Hall–Kier alpha value is -1.83. The quantitative estimate of drug-likeness (QED) is 0.714. The molecule has 0 bridgehead atoms. The molecular weight excluding hydrogens is 386 g/mol. The first kappa shape index (κ1) is 20.4. The monoisotopic (exact) mass is 415 g/mol. The zero-order valence-corrected chi connectivity index (χ0v) is 18.5. The Balaban J connectivity index is 1.69. The van der Waals surface area contributed by atoms with Crippen LogP contribution in [-0.4, -0.2) is 54.3 Å². The first-order chi connectivity index (χ1) is 13.9. The lowest BCUT2D eigenvalue weighted by atomic mass is 9.97. The molecular formula is C22H29N3O3S. The maximum Gasteiger partial charge on any atom is 0.170 e. The molecule has 2 aliphatic heterocycles. The molecule has 156 valence electrons. The van der Waals surface area contributed by atoms with Gasteiger partial charge in [0.25, 0.3) is 0 Å². The number of aryl methyl sites for hydroxylation is 2. The van der Waals surface area contributed by atoms with E-state index in [4.69, 9.17) is 14.5 Å². The van der Waals surface area contributed by atoms with E-state index in [1.165, 1.54) is 4.88 Å². The Morgan fingerprint density at radius 3 is 2.59 bits per heavy atom. The summed E-state index contributed by atoms with van der Waals surface area (Å²) in [4.78, 5) is 26.3. The number of fused-ring (bicyclic) bond motifs is 1. The van der Waals surface area contributed by atoms with Crippen LogP contribution in [0.1, 0.15) is 51.0 Å². The standard InChI is InChI=1S/C22H29N3O3S/c1-13-11-25(12-14(2)28-13)21-9-18(17-5-7-27-8-6-19(17)24-21)20(26)10-22-23-15(3)16(4)29-22/h9,13-14H,5-8,10-12H2,1-4H3/t13-,14+. The fourth-order valence-electron chi connectivity index (χ4n) is 4.16. The molecule has 2 aromatic heterocycles. The number of thiazole rings is 1. The summed E-state index contributed by atoms with van der Waals surface area (Å²) in [6.07, 6.45) is 2.10. The number of hydrogen-bond donors (Lipinski definition) is 0. The molecule has 29 heavy (non-hydrogen) atoms. The molecule has 0 amide bonds. The number of hydrogen-bond acceptors (Lipinski definition) is 7. The van der Waals surface area contributed by atoms with Gasteiger partial charge in [0.05, 0.1) is 37.5 Å². The van der Waals surface area contributed by atoms with Gasteiger partial charge in [0.1, 0.15) is 10.8 Å². The Morgan fingerprint density at radius 1 is 1.17 bits per heavy atom. The van der Waals surface area contributed by atoms with Crippen molar-refractivity contribution in [1.82, 2.24) is 9.97 Å². The molecule has 2 aliphatic rings. The van der Waals surface area contributed by atoms with Crippen LogP contribution in [0.4, 0.5) is 5.82 Å². The molecule has 0 N–H and O–H groups in total. The van der Waals surface area contributed by atoms with Crippen LogP contribution in [0.15, 0.2) is 6.07 Å². The first-order valence-corrected chi connectivity index (χ1v) is 11.2. The normalized spacial score (nSPS) is 22.3. The zero-order chi connectivity index (χ0) is 20.5.